The summed E-state index contributed by atoms with van der Waals surface area (Å²) in [4.78, 5) is 12.2. The average molecular weight is 357 g/mol. The molecule has 0 saturated heterocycles. The molecular weight excluding hydrogens is 338 g/mol. The maximum atomic E-state index is 12.2. The molecule has 0 spiro atoms. The minimum atomic E-state index is -0.250. The van der Waals surface area contributed by atoms with Crippen LogP contribution in [0, 0.1) is 6.92 Å². The lowest BCUT2D eigenvalue weighted by Crippen LogP contribution is -2.26. The summed E-state index contributed by atoms with van der Waals surface area (Å²) in [5.74, 6) is 1.92. The van der Waals surface area contributed by atoms with Crippen LogP contribution in [-0.4, -0.2) is 38.1 Å². The molecule has 0 fully saturated rings. The van der Waals surface area contributed by atoms with Gasteiger partial charge in [-0.1, -0.05) is 47.3 Å². The minimum Gasteiger partial charge on any atom is -0.355 e. The lowest BCUT2D eigenvalue weighted by molar-refractivity contribution is 0.0947. The van der Waals surface area contributed by atoms with Crippen LogP contribution in [0.1, 0.15) is 23.2 Å². The second-order valence-electron chi connectivity index (χ2n) is 5.32. The monoisotopic (exact) mass is 357 g/mol. The highest BCUT2D eigenvalue weighted by atomic mass is 32.2. The molecule has 0 aliphatic heterocycles. The first-order valence-electron chi connectivity index (χ1n) is 8.02. The number of nitrogens with zero attached hydrogens (tertiary/aromatic N) is 4. The van der Waals surface area contributed by atoms with Crippen molar-refractivity contribution in [1.29, 1.82) is 0 Å². The predicted octanol–water partition coefficient (Wildman–Crippen LogP) is 2.78. The van der Waals surface area contributed by atoms with Gasteiger partial charge < -0.3 is 14.4 Å². The SMILES string of the molecule is CCn1c(C)nnc1SCCNC(=O)c1cc(-c2ccccc2)on1. The lowest BCUT2D eigenvalue weighted by Gasteiger charge is -2.05. The van der Waals surface area contributed by atoms with E-state index in [0.29, 0.717) is 18.1 Å². The van der Waals surface area contributed by atoms with E-state index in [1.807, 2.05) is 41.8 Å². The molecule has 25 heavy (non-hydrogen) atoms. The first-order chi connectivity index (χ1) is 12.2. The molecule has 8 heteroatoms. The number of hydrogen-bond acceptors (Lipinski definition) is 6. The number of aryl methyl sites for hydroxylation is 1. The van der Waals surface area contributed by atoms with E-state index in [2.05, 4.69) is 27.6 Å². The van der Waals surface area contributed by atoms with Crippen molar-refractivity contribution in [3.8, 4) is 11.3 Å². The van der Waals surface area contributed by atoms with Gasteiger partial charge in [-0.05, 0) is 13.8 Å². The zero-order valence-electron chi connectivity index (χ0n) is 14.1. The van der Waals surface area contributed by atoms with Gasteiger partial charge in [0.2, 0.25) is 0 Å². The number of thioether (sulfide) groups is 1. The summed E-state index contributed by atoms with van der Waals surface area (Å²) in [5.41, 5.74) is 1.16. The van der Waals surface area contributed by atoms with Gasteiger partial charge in [-0.3, -0.25) is 4.79 Å². The number of aromatic nitrogens is 4. The molecule has 7 nitrogen and oxygen atoms in total. The molecule has 1 amide bonds. The Labute approximate surface area is 149 Å². The number of hydrogen-bond donors (Lipinski definition) is 1. The third kappa shape index (κ3) is 4.08. The Balaban J connectivity index is 1.51. The summed E-state index contributed by atoms with van der Waals surface area (Å²) in [5, 5.41) is 15.7. The fraction of sp³-hybridized carbons (Fsp3) is 0.294. The molecule has 3 rings (SSSR count). The van der Waals surface area contributed by atoms with Crippen LogP contribution in [0.25, 0.3) is 11.3 Å². The quantitative estimate of drug-likeness (QED) is 0.517. The van der Waals surface area contributed by atoms with E-state index in [9.17, 15) is 4.79 Å². The van der Waals surface area contributed by atoms with Crippen LogP contribution >= 0.6 is 11.8 Å². The molecule has 0 aliphatic carbocycles. The fourth-order valence-corrected chi connectivity index (χ4v) is 3.25. The number of carbonyl (C=O) groups is 1. The summed E-state index contributed by atoms with van der Waals surface area (Å²) >= 11 is 1.56. The Morgan fingerprint density at radius 2 is 2.08 bits per heavy atom. The normalized spacial score (nSPS) is 10.8. The Morgan fingerprint density at radius 1 is 1.28 bits per heavy atom. The molecule has 2 aromatic heterocycles. The van der Waals surface area contributed by atoms with Crippen molar-refractivity contribution in [3.63, 3.8) is 0 Å². The van der Waals surface area contributed by atoms with Gasteiger partial charge in [-0.25, -0.2) is 0 Å². The van der Waals surface area contributed by atoms with E-state index in [1.54, 1.807) is 17.8 Å². The van der Waals surface area contributed by atoms with Crippen LogP contribution in [0.5, 0.6) is 0 Å². The standard InChI is InChI=1S/C17H19N5O2S/c1-3-22-12(2)19-20-17(22)25-10-9-18-16(23)14-11-15(24-21-14)13-7-5-4-6-8-13/h4-8,11H,3,9-10H2,1-2H3,(H,18,23). The van der Waals surface area contributed by atoms with Gasteiger partial charge in [0.15, 0.2) is 16.6 Å². The van der Waals surface area contributed by atoms with Gasteiger partial charge >= 0.3 is 0 Å². The van der Waals surface area contributed by atoms with Crippen molar-refractivity contribution in [2.75, 3.05) is 12.3 Å². The maximum Gasteiger partial charge on any atom is 0.273 e. The topological polar surface area (TPSA) is 85.8 Å². The number of carbonyl (C=O) groups excluding carboxylic acids is 1. The summed E-state index contributed by atoms with van der Waals surface area (Å²) in [7, 11) is 0. The zero-order chi connectivity index (χ0) is 17.6. The third-order valence-corrected chi connectivity index (χ3v) is 4.61. The Kier molecular flexibility index (Phi) is 5.49. The average Bonchev–Trinajstić information content (AvgIpc) is 3.26. The Bertz CT molecular complexity index is 844. The second-order valence-corrected chi connectivity index (χ2v) is 6.38. The highest BCUT2D eigenvalue weighted by molar-refractivity contribution is 7.99. The third-order valence-electron chi connectivity index (χ3n) is 3.64. The van der Waals surface area contributed by atoms with Crippen molar-refractivity contribution in [1.82, 2.24) is 25.2 Å². The van der Waals surface area contributed by atoms with E-state index in [1.165, 1.54) is 0 Å². The van der Waals surface area contributed by atoms with Crippen LogP contribution in [0.4, 0.5) is 0 Å². The van der Waals surface area contributed by atoms with Gasteiger partial charge in [0.25, 0.3) is 5.91 Å². The second kappa shape index (κ2) is 7.98. The number of benzene rings is 1. The van der Waals surface area contributed by atoms with Gasteiger partial charge in [-0.15, -0.1) is 10.2 Å². The van der Waals surface area contributed by atoms with Gasteiger partial charge in [0.05, 0.1) is 0 Å². The van der Waals surface area contributed by atoms with Gasteiger partial charge in [-0.2, -0.15) is 0 Å². The van der Waals surface area contributed by atoms with Gasteiger partial charge in [0, 0.05) is 30.5 Å². The van der Waals surface area contributed by atoms with E-state index >= 15 is 0 Å². The highest BCUT2D eigenvalue weighted by Crippen LogP contribution is 2.20. The maximum absolute atomic E-state index is 12.2. The van der Waals surface area contributed by atoms with Crippen LogP contribution in [0.15, 0.2) is 46.1 Å². The number of rotatable bonds is 7. The van der Waals surface area contributed by atoms with E-state index in [4.69, 9.17) is 4.52 Å². The largest absolute Gasteiger partial charge is 0.355 e. The van der Waals surface area contributed by atoms with Crippen LogP contribution in [0.2, 0.25) is 0 Å². The summed E-state index contributed by atoms with van der Waals surface area (Å²) in [6.07, 6.45) is 0. The molecule has 0 bridgehead atoms. The van der Waals surface area contributed by atoms with E-state index in [-0.39, 0.29) is 11.6 Å². The molecule has 0 atom stereocenters. The molecule has 1 N–H and O–H groups in total. The smallest absolute Gasteiger partial charge is 0.273 e. The number of amides is 1. The molecule has 130 valence electrons. The van der Waals surface area contributed by atoms with E-state index in [0.717, 1.165) is 23.1 Å². The van der Waals surface area contributed by atoms with Crippen molar-refractivity contribution >= 4 is 17.7 Å². The van der Waals surface area contributed by atoms with Crippen molar-refractivity contribution in [2.45, 2.75) is 25.5 Å². The summed E-state index contributed by atoms with van der Waals surface area (Å²) in [6.45, 7) is 5.32. The highest BCUT2D eigenvalue weighted by Gasteiger charge is 2.13. The zero-order valence-corrected chi connectivity index (χ0v) is 14.9. The first-order valence-corrected chi connectivity index (χ1v) is 9.00. The van der Waals surface area contributed by atoms with Crippen molar-refractivity contribution in [3.05, 3.63) is 47.9 Å². The van der Waals surface area contributed by atoms with E-state index < -0.39 is 0 Å². The van der Waals surface area contributed by atoms with Gasteiger partial charge in [0.1, 0.15) is 5.82 Å². The lowest BCUT2D eigenvalue weighted by atomic mass is 10.1. The molecule has 2 heterocycles. The molecule has 0 saturated carbocycles. The Hall–Kier alpha value is -2.61. The molecule has 1 aromatic carbocycles. The summed E-state index contributed by atoms with van der Waals surface area (Å²) < 4.78 is 7.28. The molecular formula is C17H19N5O2S. The fourth-order valence-electron chi connectivity index (χ4n) is 2.35. The number of nitrogens with one attached hydrogen (secondary N) is 1. The molecule has 0 unspecified atom stereocenters. The predicted molar refractivity (Wildman–Crippen MR) is 95.4 cm³/mol. The molecule has 0 radical (unpaired) electrons. The first kappa shape index (κ1) is 17.2. The molecule has 3 aromatic rings. The molecule has 0 aliphatic rings. The van der Waals surface area contributed by atoms with Crippen LogP contribution in [0.3, 0.4) is 0 Å². The van der Waals surface area contributed by atoms with Crippen molar-refractivity contribution in [2.24, 2.45) is 0 Å². The van der Waals surface area contributed by atoms with Crippen molar-refractivity contribution < 1.29 is 9.32 Å². The Morgan fingerprint density at radius 3 is 2.84 bits per heavy atom. The summed E-state index contributed by atoms with van der Waals surface area (Å²) in [6, 6.07) is 11.2. The van der Waals surface area contributed by atoms with Crippen LogP contribution < -0.4 is 5.32 Å². The minimum absolute atomic E-state index is 0.250. The van der Waals surface area contributed by atoms with Crippen LogP contribution in [-0.2, 0) is 6.54 Å².